The van der Waals surface area contributed by atoms with Crippen molar-refractivity contribution in [1.29, 1.82) is 0 Å². The van der Waals surface area contributed by atoms with Gasteiger partial charge in [-0.15, -0.1) is 0 Å². The minimum Gasteiger partial charge on any atom is -0.427 e. The lowest BCUT2D eigenvalue weighted by atomic mass is 9.69. The Morgan fingerprint density at radius 3 is 1.07 bits per heavy atom. The topological polar surface area (TPSA) is 52.6 Å². The molecule has 2 unspecified atom stereocenters. The number of carbonyl (C=O) groups is 2. The van der Waals surface area contributed by atoms with Crippen LogP contribution in [0, 0.1) is 17.3 Å². The summed E-state index contributed by atoms with van der Waals surface area (Å²) >= 11 is 0. The molecule has 0 aromatic carbocycles. The van der Waals surface area contributed by atoms with Gasteiger partial charge in [-0.1, -0.05) is 182 Å². The summed E-state index contributed by atoms with van der Waals surface area (Å²) in [6, 6.07) is 0. The Hall–Kier alpha value is -1.06. The van der Waals surface area contributed by atoms with Crippen molar-refractivity contribution in [2.24, 2.45) is 17.3 Å². The number of esters is 2. The van der Waals surface area contributed by atoms with E-state index in [1.165, 1.54) is 128 Å². The van der Waals surface area contributed by atoms with Crippen LogP contribution in [0.3, 0.4) is 0 Å². The van der Waals surface area contributed by atoms with Crippen LogP contribution in [0.1, 0.15) is 195 Å². The summed E-state index contributed by atoms with van der Waals surface area (Å²) in [6.07, 6.45) is 30.8. The van der Waals surface area contributed by atoms with Crippen LogP contribution in [-0.4, -0.2) is 18.7 Å². The van der Waals surface area contributed by atoms with Crippen molar-refractivity contribution >= 4 is 11.9 Å². The molecule has 1 rings (SSSR count). The molecule has 0 aromatic rings. The summed E-state index contributed by atoms with van der Waals surface area (Å²) in [5, 5.41) is 0. The molecule has 1 aliphatic heterocycles. The lowest BCUT2D eigenvalue weighted by molar-refractivity contribution is -0.205. The van der Waals surface area contributed by atoms with Crippen molar-refractivity contribution in [2.45, 2.75) is 195 Å². The molecule has 236 valence electrons. The molecule has 4 nitrogen and oxygen atoms in total. The Morgan fingerprint density at radius 1 is 0.475 bits per heavy atom. The zero-order valence-corrected chi connectivity index (χ0v) is 27.4. The molecule has 0 aromatic heterocycles. The molecule has 1 fully saturated rings. The van der Waals surface area contributed by atoms with Crippen molar-refractivity contribution in [3.8, 4) is 0 Å². The van der Waals surface area contributed by atoms with Gasteiger partial charge in [0, 0.05) is 0 Å². The predicted molar refractivity (Wildman–Crippen MR) is 169 cm³/mol. The molecule has 0 N–H and O–H groups in total. The smallest absolute Gasteiger partial charge is 0.326 e. The lowest BCUT2D eigenvalue weighted by Gasteiger charge is -2.38. The third-order valence-electron chi connectivity index (χ3n) is 9.30. The molecule has 1 heterocycles. The number of hydrogen-bond donors (Lipinski definition) is 0. The molecule has 0 spiro atoms. The molecular formula is C36H68O4. The van der Waals surface area contributed by atoms with Crippen LogP contribution < -0.4 is 0 Å². The minimum absolute atomic E-state index is 0.212. The Morgan fingerprint density at radius 2 is 0.750 bits per heavy atom. The first kappa shape index (κ1) is 37.0. The Labute approximate surface area is 249 Å². The zero-order valence-electron chi connectivity index (χ0n) is 27.4. The van der Waals surface area contributed by atoms with E-state index in [1.807, 2.05) is 0 Å². The van der Waals surface area contributed by atoms with Crippen LogP contribution in [0.5, 0.6) is 0 Å². The number of unbranched alkanes of at least 4 members (excludes halogenated alkanes) is 16. The largest absolute Gasteiger partial charge is 0.427 e. The van der Waals surface area contributed by atoms with E-state index >= 15 is 0 Å². The van der Waals surface area contributed by atoms with E-state index in [-0.39, 0.29) is 18.7 Å². The summed E-state index contributed by atoms with van der Waals surface area (Å²) in [5.74, 6) is 0.172. The quantitative estimate of drug-likeness (QED) is 0.0538. The molecule has 0 aliphatic carbocycles. The maximum Gasteiger partial charge on any atom is 0.326 e. The van der Waals surface area contributed by atoms with Crippen molar-refractivity contribution < 1.29 is 19.1 Å². The first-order valence-electron chi connectivity index (χ1n) is 17.9. The average molecular weight is 565 g/mol. The predicted octanol–water partition coefficient (Wildman–Crippen LogP) is 11.5. The highest BCUT2D eigenvalue weighted by atomic mass is 16.7. The highest BCUT2D eigenvalue weighted by molar-refractivity contribution is 6.01. The fourth-order valence-electron chi connectivity index (χ4n) is 6.74. The van der Waals surface area contributed by atoms with Gasteiger partial charge < -0.3 is 9.47 Å². The molecule has 1 saturated heterocycles. The Balaban J connectivity index is 2.98. The van der Waals surface area contributed by atoms with Crippen LogP contribution in [0.2, 0.25) is 0 Å². The molecule has 2 atom stereocenters. The summed E-state index contributed by atoms with van der Waals surface area (Å²) in [7, 11) is 0. The van der Waals surface area contributed by atoms with Crippen molar-refractivity contribution in [3.05, 3.63) is 0 Å². The van der Waals surface area contributed by atoms with E-state index in [0.717, 1.165) is 25.7 Å². The lowest BCUT2D eigenvalue weighted by Crippen LogP contribution is -2.49. The highest BCUT2D eigenvalue weighted by Gasteiger charge is 2.53. The molecule has 0 saturated carbocycles. The van der Waals surface area contributed by atoms with Crippen molar-refractivity contribution in [3.63, 3.8) is 0 Å². The molecule has 4 heteroatoms. The molecule has 0 radical (unpaired) electrons. The van der Waals surface area contributed by atoms with E-state index in [2.05, 4.69) is 27.7 Å². The van der Waals surface area contributed by atoms with Gasteiger partial charge in [0.25, 0.3) is 0 Å². The van der Waals surface area contributed by atoms with Crippen molar-refractivity contribution in [1.82, 2.24) is 0 Å². The number of rotatable bonds is 28. The van der Waals surface area contributed by atoms with E-state index < -0.39 is 5.41 Å². The maximum atomic E-state index is 13.5. The number of ether oxygens (including phenoxy) is 2. The van der Waals surface area contributed by atoms with Crippen LogP contribution in [-0.2, 0) is 19.1 Å². The van der Waals surface area contributed by atoms with E-state index in [0.29, 0.717) is 24.7 Å². The first-order chi connectivity index (χ1) is 19.5. The standard InChI is InChI=1S/C36H68O4/c1-5-9-13-17-19-23-27-32(25-21-15-11-7-3)29-36(34(37)39-31-40-35(36)38)30-33(26-22-16-12-8-4)28-24-20-18-14-10-6-2/h32-33H,5-31H2,1-4H3. The first-order valence-corrected chi connectivity index (χ1v) is 17.9. The van der Waals surface area contributed by atoms with Gasteiger partial charge in [-0.25, -0.2) is 0 Å². The Kier molecular flexibility index (Phi) is 22.7. The van der Waals surface area contributed by atoms with Crippen LogP contribution in [0.25, 0.3) is 0 Å². The second-order valence-electron chi connectivity index (χ2n) is 13.0. The molecule has 0 bridgehead atoms. The van der Waals surface area contributed by atoms with Gasteiger partial charge in [0.05, 0.1) is 0 Å². The third-order valence-corrected chi connectivity index (χ3v) is 9.30. The molecular weight excluding hydrogens is 496 g/mol. The average Bonchev–Trinajstić information content (AvgIpc) is 2.95. The van der Waals surface area contributed by atoms with Gasteiger partial charge in [0.15, 0.2) is 5.41 Å². The molecule has 40 heavy (non-hydrogen) atoms. The number of carbonyl (C=O) groups excluding carboxylic acids is 2. The van der Waals surface area contributed by atoms with Gasteiger partial charge >= 0.3 is 11.9 Å². The van der Waals surface area contributed by atoms with E-state index in [4.69, 9.17) is 9.47 Å². The van der Waals surface area contributed by atoms with Gasteiger partial charge in [0.1, 0.15) is 0 Å². The van der Waals surface area contributed by atoms with Crippen LogP contribution in [0.4, 0.5) is 0 Å². The number of hydrogen-bond acceptors (Lipinski definition) is 4. The van der Waals surface area contributed by atoms with Crippen LogP contribution >= 0.6 is 0 Å². The van der Waals surface area contributed by atoms with E-state index in [9.17, 15) is 9.59 Å². The summed E-state index contributed by atoms with van der Waals surface area (Å²) < 4.78 is 11.0. The van der Waals surface area contributed by atoms with Gasteiger partial charge in [-0.2, -0.15) is 0 Å². The monoisotopic (exact) mass is 565 g/mol. The zero-order chi connectivity index (χ0) is 29.3. The fourth-order valence-corrected chi connectivity index (χ4v) is 6.74. The second-order valence-corrected chi connectivity index (χ2v) is 13.0. The van der Waals surface area contributed by atoms with Crippen LogP contribution in [0.15, 0.2) is 0 Å². The fraction of sp³-hybridized carbons (Fsp3) is 0.944. The number of cyclic esters (lactones) is 2. The van der Waals surface area contributed by atoms with E-state index in [1.54, 1.807) is 0 Å². The molecule has 0 amide bonds. The Bertz CT molecular complexity index is 564. The summed E-state index contributed by atoms with van der Waals surface area (Å²) in [5.41, 5.74) is -1.10. The SMILES string of the molecule is CCCCCCCCC(CCCCCC)CC1(CC(CCCCCC)CCCCCCCC)C(=O)OCOC1=O. The van der Waals surface area contributed by atoms with Gasteiger partial charge in [-0.05, 0) is 24.7 Å². The van der Waals surface area contributed by atoms with Gasteiger partial charge in [-0.3, -0.25) is 9.59 Å². The highest BCUT2D eigenvalue weighted by Crippen LogP contribution is 2.43. The second kappa shape index (κ2) is 24.5. The summed E-state index contributed by atoms with van der Waals surface area (Å²) in [6.45, 7) is 8.81. The summed E-state index contributed by atoms with van der Waals surface area (Å²) in [4.78, 5) is 27.0. The molecule has 1 aliphatic rings. The van der Waals surface area contributed by atoms with Gasteiger partial charge in [0.2, 0.25) is 6.79 Å². The normalized spacial score (nSPS) is 16.5. The maximum absolute atomic E-state index is 13.5. The minimum atomic E-state index is -1.10. The third kappa shape index (κ3) is 15.8. The van der Waals surface area contributed by atoms with Crippen molar-refractivity contribution in [2.75, 3.05) is 6.79 Å².